The molecule has 1 aromatic heterocycles. The van der Waals surface area contributed by atoms with Crippen molar-refractivity contribution in [2.45, 2.75) is 31.6 Å². The van der Waals surface area contributed by atoms with Gasteiger partial charge in [-0.2, -0.15) is 0 Å². The van der Waals surface area contributed by atoms with Crippen LogP contribution in [0.2, 0.25) is 0 Å². The quantitative estimate of drug-likeness (QED) is 0.747. The van der Waals surface area contributed by atoms with Crippen LogP contribution in [0, 0.1) is 11.8 Å². The van der Waals surface area contributed by atoms with E-state index in [0.29, 0.717) is 36.1 Å². The number of nitrogens with one attached hydrogen (secondary N) is 1. The fourth-order valence-electron chi connectivity index (χ4n) is 4.55. The fourth-order valence-corrected chi connectivity index (χ4v) is 4.55. The molecule has 2 heterocycles. The molecule has 154 valence electrons. The minimum atomic E-state index is -0.557. The van der Waals surface area contributed by atoms with Crippen LogP contribution in [0.5, 0.6) is 5.75 Å². The van der Waals surface area contributed by atoms with Crippen molar-refractivity contribution in [1.29, 1.82) is 0 Å². The summed E-state index contributed by atoms with van der Waals surface area (Å²) in [4.78, 5) is 28.7. The smallest absolute Gasteiger partial charge is 0.337 e. The zero-order valence-corrected chi connectivity index (χ0v) is 16.4. The maximum atomic E-state index is 12.0. The van der Waals surface area contributed by atoms with E-state index < -0.39 is 12.1 Å². The lowest BCUT2D eigenvalue weighted by Gasteiger charge is -2.35. The lowest BCUT2D eigenvalue weighted by atomic mass is 9.78. The van der Waals surface area contributed by atoms with E-state index in [-0.39, 0.29) is 11.7 Å². The molecule has 7 heteroatoms. The number of hydrogen-bond acceptors (Lipinski definition) is 6. The number of carbonyl (C=O) groups is 1. The number of likely N-dealkylation sites (tertiary alicyclic amines) is 1. The highest BCUT2D eigenvalue weighted by atomic mass is 16.5. The summed E-state index contributed by atoms with van der Waals surface area (Å²) in [6.07, 6.45) is 2.19. The Morgan fingerprint density at radius 1 is 1.21 bits per heavy atom. The first-order chi connectivity index (χ1) is 14.0. The summed E-state index contributed by atoms with van der Waals surface area (Å²) in [6, 6.07) is 10.5. The van der Waals surface area contributed by atoms with Gasteiger partial charge in [0.15, 0.2) is 0 Å². The predicted octanol–water partition coefficient (Wildman–Crippen LogP) is 1.81. The van der Waals surface area contributed by atoms with Gasteiger partial charge in [0.2, 0.25) is 0 Å². The molecular formula is C22H26N2O5. The van der Waals surface area contributed by atoms with E-state index in [1.54, 1.807) is 30.5 Å². The number of carbonyl (C=O) groups excluding carboxylic acids is 1. The third-order valence-corrected chi connectivity index (χ3v) is 6.00. The molecule has 4 rings (SSSR count). The zero-order valence-electron chi connectivity index (χ0n) is 16.4. The molecule has 0 spiro atoms. The van der Waals surface area contributed by atoms with Crippen LogP contribution in [-0.4, -0.2) is 53.4 Å². The van der Waals surface area contributed by atoms with Crippen molar-refractivity contribution in [2.24, 2.45) is 11.8 Å². The Kier molecular flexibility index (Phi) is 5.69. The Morgan fingerprint density at radius 3 is 2.76 bits per heavy atom. The summed E-state index contributed by atoms with van der Waals surface area (Å²) in [7, 11) is 1.34. The number of hydrogen-bond donors (Lipinski definition) is 2. The monoisotopic (exact) mass is 398 g/mol. The Bertz CT molecular complexity index is 927. The highest BCUT2D eigenvalue weighted by molar-refractivity contribution is 5.89. The molecule has 29 heavy (non-hydrogen) atoms. The molecular weight excluding hydrogens is 372 g/mol. The molecule has 2 N–H and O–H groups in total. The molecule has 2 aliphatic rings. The van der Waals surface area contributed by atoms with E-state index in [0.717, 1.165) is 25.1 Å². The molecule has 0 amide bonds. The number of pyridine rings is 1. The minimum Gasteiger partial charge on any atom is -0.488 e. The minimum absolute atomic E-state index is 0.0471. The van der Waals surface area contributed by atoms with Crippen LogP contribution in [0.3, 0.4) is 0 Å². The zero-order chi connectivity index (χ0) is 20.4. The molecule has 2 aromatic rings. The largest absolute Gasteiger partial charge is 0.488 e. The Balaban J connectivity index is 1.40. The van der Waals surface area contributed by atoms with Gasteiger partial charge in [0.25, 0.3) is 5.56 Å². The number of aliphatic hydroxyl groups excluding tert-OH is 1. The number of aromatic amines is 1. The van der Waals surface area contributed by atoms with Crippen molar-refractivity contribution in [2.75, 3.05) is 20.2 Å². The SMILES string of the molecule is COC(=O)c1cccc(O[C@@H]2C[C@@H]3CN(Cc4ccc[nH]c4=O)C[C@@H]3C[C@H]2O)c1. The highest BCUT2D eigenvalue weighted by Crippen LogP contribution is 2.38. The number of ether oxygens (including phenoxy) is 2. The number of methoxy groups -OCH3 is 1. The summed E-state index contributed by atoms with van der Waals surface area (Å²) in [5.74, 6) is 0.951. The maximum Gasteiger partial charge on any atom is 0.337 e. The standard InChI is InChI=1S/C22H26N2O5/c1-28-22(27)14-4-2-6-18(8-14)29-20-10-17-13-24(12-16(17)9-19(20)25)11-15-5-3-7-23-21(15)26/h2-8,16-17,19-20,25H,9-13H2,1H3,(H,23,26)/t16-,17+,19+,20+/m0/s1. The highest BCUT2D eigenvalue weighted by Gasteiger charge is 2.42. The second-order valence-electron chi connectivity index (χ2n) is 7.95. The predicted molar refractivity (Wildman–Crippen MR) is 107 cm³/mol. The molecule has 2 fully saturated rings. The Labute approximate surface area is 169 Å². The van der Waals surface area contributed by atoms with Gasteiger partial charge in [0.1, 0.15) is 11.9 Å². The normalized spacial score (nSPS) is 26.7. The lowest BCUT2D eigenvalue weighted by molar-refractivity contribution is -0.0231. The first kappa shape index (κ1) is 19.7. The third kappa shape index (κ3) is 4.36. The summed E-state index contributed by atoms with van der Waals surface area (Å²) in [5, 5.41) is 10.6. The summed E-state index contributed by atoms with van der Waals surface area (Å²) >= 11 is 0. The second kappa shape index (κ2) is 8.39. The van der Waals surface area contributed by atoms with Gasteiger partial charge in [0.05, 0.1) is 18.8 Å². The van der Waals surface area contributed by atoms with E-state index in [2.05, 4.69) is 9.88 Å². The van der Waals surface area contributed by atoms with Crippen molar-refractivity contribution in [3.8, 4) is 5.75 Å². The number of H-pyrrole nitrogens is 1. The van der Waals surface area contributed by atoms with E-state index in [1.807, 2.05) is 12.1 Å². The van der Waals surface area contributed by atoms with Gasteiger partial charge in [0, 0.05) is 31.4 Å². The van der Waals surface area contributed by atoms with Crippen LogP contribution in [0.1, 0.15) is 28.8 Å². The molecule has 0 radical (unpaired) electrons. The van der Waals surface area contributed by atoms with Crippen LogP contribution in [0.25, 0.3) is 0 Å². The molecule has 0 bridgehead atoms. The van der Waals surface area contributed by atoms with Crippen LogP contribution < -0.4 is 10.3 Å². The van der Waals surface area contributed by atoms with Crippen molar-refractivity contribution in [3.63, 3.8) is 0 Å². The molecule has 1 saturated carbocycles. The third-order valence-electron chi connectivity index (χ3n) is 6.00. The van der Waals surface area contributed by atoms with Crippen LogP contribution in [-0.2, 0) is 11.3 Å². The molecule has 4 atom stereocenters. The van der Waals surface area contributed by atoms with Crippen LogP contribution in [0.15, 0.2) is 47.4 Å². The number of esters is 1. The van der Waals surface area contributed by atoms with E-state index >= 15 is 0 Å². The first-order valence-corrected chi connectivity index (χ1v) is 9.95. The van der Waals surface area contributed by atoms with Crippen molar-refractivity contribution in [3.05, 3.63) is 64.1 Å². The molecule has 0 unspecified atom stereocenters. The molecule has 1 aromatic carbocycles. The van der Waals surface area contributed by atoms with Gasteiger partial charge in [-0.05, 0) is 48.9 Å². The maximum absolute atomic E-state index is 12.0. The molecule has 1 aliphatic heterocycles. The van der Waals surface area contributed by atoms with Gasteiger partial charge >= 0.3 is 5.97 Å². The number of nitrogens with zero attached hydrogens (tertiary/aromatic N) is 1. The van der Waals surface area contributed by atoms with Crippen molar-refractivity contribution >= 4 is 5.97 Å². The van der Waals surface area contributed by atoms with Gasteiger partial charge in [-0.1, -0.05) is 12.1 Å². The van der Waals surface area contributed by atoms with E-state index in [1.165, 1.54) is 7.11 Å². The van der Waals surface area contributed by atoms with E-state index in [4.69, 9.17) is 9.47 Å². The molecule has 1 aliphatic carbocycles. The number of rotatable bonds is 5. The lowest BCUT2D eigenvalue weighted by Crippen LogP contribution is -2.42. The second-order valence-corrected chi connectivity index (χ2v) is 7.95. The molecule has 7 nitrogen and oxygen atoms in total. The average molecular weight is 398 g/mol. The van der Waals surface area contributed by atoms with Gasteiger partial charge in [-0.3, -0.25) is 9.69 Å². The van der Waals surface area contributed by atoms with Crippen molar-refractivity contribution in [1.82, 2.24) is 9.88 Å². The summed E-state index contributed by atoms with van der Waals surface area (Å²) in [5.41, 5.74) is 1.14. The number of aliphatic hydroxyl groups is 1. The van der Waals surface area contributed by atoms with E-state index in [9.17, 15) is 14.7 Å². The van der Waals surface area contributed by atoms with Crippen molar-refractivity contribution < 1.29 is 19.4 Å². The average Bonchev–Trinajstić information content (AvgIpc) is 3.10. The summed E-state index contributed by atoms with van der Waals surface area (Å²) in [6.45, 7) is 2.38. The van der Waals surface area contributed by atoms with Crippen LogP contribution >= 0.6 is 0 Å². The number of aromatic nitrogens is 1. The number of benzene rings is 1. The molecule has 1 saturated heterocycles. The van der Waals surface area contributed by atoms with Gasteiger partial charge in [-0.25, -0.2) is 4.79 Å². The number of fused-ring (bicyclic) bond motifs is 1. The first-order valence-electron chi connectivity index (χ1n) is 9.95. The fraction of sp³-hybridized carbons (Fsp3) is 0.455. The topological polar surface area (TPSA) is 91.9 Å². The Hall–Kier alpha value is -2.64. The van der Waals surface area contributed by atoms with Gasteiger partial charge < -0.3 is 19.6 Å². The van der Waals surface area contributed by atoms with Crippen LogP contribution in [0.4, 0.5) is 0 Å². The van der Waals surface area contributed by atoms with Gasteiger partial charge in [-0.15, -0.1) is 0 Å². The summed E-state index contributed by atoms with van der Waals surface area (Å²) < 4.78 is 10.8. The Morgan fingerprint density at radius 2 is 2.00 bits per heavy atom.